The van der Waals surface area contributed by atoms with E-state index in [2.05, 4.69) is 17.2 Å². The molecule has 2 heterocycles. The number of piperidine rings is 1. The molecule has 0 bridgehead atoms. The Hall–Kier alpha value is -2.76. The number of rotatable bonds is 4. The van der Waals surface area contributed by atoms with Gasteiger partial charge in [0.25, 0.3) is 11.8 Å². The molecule has 0 spiro atoms. The van der Waals surface area contributed by atoms with Crippen molar-refractivity contribution in [2.24, 2.45) is 5.92 Å². The van der Waals surface area contributed by atoms with Crippen LogP contribution in [0.2, 0.25) is 0 Å². The van der Waals surface area contributed by atoms with Crippen LogP contribution in [-0.4, -0.2) is 34.8 Å². The second kappa shape index (κ2) is 8.08. The van der Waals surface area contributed by atoms with Crippen LogP contribution < -0.4 is 5.32 Å². The maximum atomic E-state index is 12.9. The highest BCUT2D eigenvalue weighted by molar-refractivity contribution is 5.96. The minimum absolute atomic E-state index is 0.134. The molecule has 1 aromatic carbocycles. The van der Waals surface area contributed by atoms with Gasteiger partial charge in [-0.15, -0.1) is 0 Å². The fraction of sp³-hybridized carbons (Fsp3) is 0.350. The third kappa shape index (κ3) is 4.45. The molecule has 2 aromatic rings. The Morgan fingerprint density at radius 2 is 1.77 bits per heavy atom. The molecule has 1 aliphatic heterocycles. The van der Waals surface area contributed by atoms with E-state index in [1.165, 1.54) is 12.1 Å². The first kappa shape index (κ1) is 18.0. The summed E-state index contributed by atoms with van der Waals surface area (Å²) in [6.07, 6.45) is 1.98. The van der Waals surface area contributed by atoms with E-state index in [0.717, 1.165) is 31.5 Å². The zero-order valence-electron chi connectivity index (χ0n) is 14.7. The minimum Gasteiger partial charge on any atom is -0.347 e. The molecular weight excluding hydrogens is 333 g/mol. The standard InChI is InChI=1S/C20H22FN3O2/c1-14-9-11-24(12-10-14)20(26)18-4-2-3-17(23-18)19(25)22-13-15-5-7-16(21)8-6-15/h2-8,14H,9-13H2,1H3,(H,22,25). The molecule has 0 unspecified atom stereocenters. The van der Waals surface area contributed by atoms with Crippen LogP contribution in [0, 0.1) is 11.7 Å². The Morgan fingerprint density at radius 3 is 2.46 bits per heavy atom. The van der Waals surface area contributed by atoms with Crippen molar-refractivity contribution >= 4 is 11.8 Å². The lowest BCUT2D eigenvalue weighted by Gasteiger charge is -2.30. The summed E-state index contributed by atoms with van der Waals surface area (Å²) in [7, 11) is 0. The highest BCUT2D eigenvalue weighted by Crippen LogP contribution is 2.17. The van der Waals surface area contributed by atoms with Crippen LogP contribution >= 0.6 is 0 Å². The van der Waals surface area contributed by atoms with Crippen molar-refractivity contribution in [1.82, 2.24) is 15.2 Å². The molecule has 1 saturated heterocycles. The smallest absolute Gasteiger partial charge is 0.272 e. The van der Waals surface area contributed by atoms with E-state index in [1.807, 2.05) is 0 Å². The van der Waals surface area contributed by atoms with Crippen LogP contribution in [0.1, 0.15) is 46.3 Å². The summed E-state index contributed by atoms with van der Waals surface area (Å²) < 4.78 is 12.9. The molecule has 0 radical (unpaired) electrons. The molecule has 2 amide bonds. The molecule has 6 heteroatoms. The largest absolute Gasteiger partial charge is 0.347 e. The van der Waals surface area contributed by atoms with Crippen molar-refractivity contribution in [2.75, 3.05) is 13.1 Å². The van der Waals surface area contributed by atoms with Crippen LogP contribution in [0.25, 0.3) is 0 Å². The number of carbonyl (C=O) groups excluding carboxylic acids is 2. The van der Waals surface area contributed by atoms with Crippen LogP contribution in [0.5, 0.6) is 0 Å². The summed E-state index contributed by atoms with van der Waals surface area (Å²) in [5.74, 6) is -0.183. The molecule has 136 valence electrons. The van der Waals surface area contributed by atoms with Gasteiger partial charge < -0.3 is 10.2 Å². The number of hydrogen-bond acceptors (Lipinski definition) is 3. The van der Waals surface area contributed by atoms with Gasteiger partial charge in [-0.25, -0.2) is 9.37 Å². The topological polar surface area (TPSA) is 62.3 Å². The molecule has 1 aliphatic rings. The van der Waals surface area contributed by atoms with Gasteiger partial charge in [0, 0.05) is 19.6 Å². The zero-order valence-corrected chi connectivity index (χ0v) is 14.7. The highest BCUT2D eigenvalue weighted by atomic mass is 19.1. The predicted octanol–water partition coefficient (Wildman–Crippen LogP) is 3.02. The molecule has 0 aliphatic carbocycles. The van der Waals surface area contributed by atoms with E-state index in [1.54, 1.807) is 35.2 Å². The second-order valence-electron chi connectivity index (χ2n) is 6.69. The number of nitrogens with zero attached hydrogens (tertiary/aromatic N) is 2. The molecule has 3 rings (SSSR count). The van der Waals surface area contributed by atoms with Gasteiger partial charge in [0.15, 0.2) is 0 Å². The Kier molecular flexibility index (Phi) is 5.61. The Bertz CT molecular complexity index is 784. The van der Waals surface area contributed by atoms with E-state index in [-0.39, 0.29) is 35.6 Å². The number of hydrogen-bond donors (Lipinski definition) is 1. The molecule has 1 N–H and O–H groups in total. The molecule has 1 fully saturated rings. The van der Waals surface area contributed by atoms with E-state index >= 15 is 0 Å². The number of benzene rings is 1. The number of pyridine rings is 1. The van der Waals surface area contributed by atoms with Gasteiger partial charge in [-0.1, -0.05) is 25.1 Å². The Balaban J connectivity index is 1.63. The van der Waals surface area contributed by atoms with Gasteiger partial charge >= 0.3 is 0 Å². The first-order chi connectivity index (χ1) is 12.5. The maximum Gasteiger partial charge on any atom is 0.272 e. The van der Waals surface area contributed by atoms with Gasteiger partial charge in [0.1, 0.15) is 17.2 Å². The lowest BCUT2D eigenvalue weighted by atomic mass is 9.99. The number of carbonyl (C=O) groups is 2. The van der Waals surface area contributed by atoms with Gasteiger partial charge in [0.2, 0.25) is 0 Å². The van der Waals surface area contributed by atoms with Crippen molar-refractivity contribution in [2.45, 2.75) is 26.3 Å². The van der Waals surface area contributed by atoms with Crippen molar-refractivity contribution in [3.63, 3.8) is 0 Å². The van der Waals surface area contributed by atoms with Gasteiger partial charge in [-0.3, -0.25) is 9.59 Å². The number of nitrogens with one attached hydrogen (secondary N) is 1. The van der Waals surface area contributed by atoms with Gasteiger partial charge in [0.05, 0.1) is 0 Å². The predicted molar refractivity (Wildman–Crippen MR) is 96.1 cm³/mol. The quantitative estimate of drug-likeness (QED) is 0.917. The van der Waals surface area contributed by atoms with Crippen LogP contribution in [0.4, 0.5) is 4.39 Å². The maximum absolute atomic E-state index is 12.9. The van der Waals surface area contributed by atoms with Crippen LogP contribution in [0.15, 0.2) is 42.5 Å². The third-order valence-corrected chi connectivity index (χ3v) is 4.64. The Labute approximate surface area is 152 Å². The molecule has 26 heavy (non-hydrogen) atoms. The molecule has 1 aromatic heterocycles. The van der Waals surface area contributed by atoms with E-state index in [0.29, 0.717) is 5.92 Å². The molecule has 0 atom stereocenters. The number of amides is 2. The molecule has 0 saturated carbocycles. The van der Waals surface area contributed by atoms with Crippen molar-refractivity contribution in [3.05, 3.63) is 65.2 Å². The fourth-order valence-electron chi connectivity index (χ4n) is 2.93. The average Bonchev–Trinajstić information content (AvgIpc) is 2.67. The van der Waals surface area contributed by atoms with Crippen LogP contribution in [0.3, 0.4) is 0 Å². The first-order valence-corrected chi connectivity index (χ1v) is 8.82. The summed E-state index contributed by atoms with van der Waals surface area (Å²) in [5, 5.41) is 2.74. The molecule has 5 nitrogen and oxygen atoms in total. The first-order valence-electron chi connectivity index (χ1n) is 8.82. The fourth-order valence-corrected chi connectivity index (χ4v) is 2.93. The van der Waals surface area contributed by atoms with Crippen molar-refractivity contribution < 1.29 is 14.0 Å². The number of aromatic nitrogens is 1. The lowest BCUT2D eigenvalue weighted by molar-refractivity contribution is 0.0691. The van der Waals surface area contributed by atoms with Gasteiger partial charge in [-0.2, -0.15) is 0 Å². The third-order valence-electron chi connectivity index (χ3n) is 4.64. The summed E-state index contributed by atoms with van der Waals surface area (Å²) in [5.41, 5.74) is 1.27. The average molecular weight is 355 g/mol. The Morgan fingerprint density at radius 1 is 1.12 bits per heavy atom. The van der Waals surface area contributed by atoms with Gasteiger partial charge in [-0.05, 0) is 48.6 Å². The van der Waals surface area contributed by atoms with Crippen molar-refractivity contribution in [3.8, 4) is 0 Å². The number of halogens is 1. The summed E-state index contributed by atoms with van der Waals surface area (Å²) in [6.45, 7) is 3.90. The zero-order chi connectivity index (χ0) is 18.5. The highest BCUT2D eigenvalue weighted by Gasteiger charge is 2.23. The normalized spacial score (nSPS) is 14.9. The monoisotopic (exact) mass is 355 g/mol. The van der Waals surface area contributed by atoms with E-state index in [9.17, 15) is 14.0 Å². The second-order valence-corrected chi connectivity index (χ2v) is 6.69. The number of likely N-dealkylation sites (tertiary alicyclic amines) is 1. The lowest BCUT2D eigenvalue weighted by Crippen LogP contribution is -2.38. The van der Waals surface area contributed by atoms with Crippen LogP contribution in [-0.2, 0) is 6.54 Å². The summed E-state index contributed by atoms with van der Waals surface area (Å²) in [4.78, 5) is 30.9. The SMILES string of the molecule is CC1CCN(C(=O)c2cccc(C(=O)NCc3ccc(F)cc3)n2)CC1. The van der Waals surface area contributed by atoms with E-state index in [4.69, 9.17) is 0 Å². The minimum atomic E-state index is -0.365. The van der Waals surface area contributed by atoms with Crippen molar-refractivity contribution in [1.29, 1.82) is 0 Å². The summed E-state index contributed by atoms with van der Waals surface area (Å²) >= 11 is 0. The van der Waals surface area contributed by atoms with E-state index < -0.39 is 0 Å². The molecular formula is C20H22FN3O2. The summed E-state index contributed by atoms with van der Waals surface area (Å²) in [6, 6.07) is 10.8.